The lowest BCUT2D eigenvalue weighted by Gasteiger charge is -2.49. The molecule has 3 aliphatic heterocycles. The Kier molecular flexibility index (Phi) is 8.43. The van der Waals surface area contributed by atoms with Crippen molar-refractivity contribution < 1.29 is 29.0 Å². The van der Waals surface area contributed by atoms with E-state index in [1.807, 2.05) is 67.6 Å². The van der Waals surface area contributed by atoms with Gasteiger partial charge in [0.1, 0.15) is 12.4 Å². The third-order valence-electron chi connectivity index (χ3n) is 12.1. The summed E-state index contributed by atoms with van der Waals surface area (Å²) in [6.07, 6.45) is 4.27. The van der Waals surface area contributed by atoms with E-state index in [1.54, 1.807) is 17.0 Å². The van der Waals surface area contributed by atoms with Crippen molar-refractivity contribution in [2.24, 2.45) is 29.1 Å². The molecular weight excluding hydrogens is 630 g/mol. The van der Waals surface area contributed by atoms with E-state index in [-0.39, 0.29) is 48.8 Å². The lowest BCUT2D eigenvalue weighted by Crippen LogP contribution is -2.49. The maximum absolute atomic E-state index is 14.7. The number of imide groups is 2. The van der Waals surface area contributed by atoms with Gasteiger partial charge in [-0.2, -0.15) is 0 Å². The van der Waals surface area contributed by atoms with Crippen molar-refractivity contribution in [1.29, 1.82) is 0 Å². The molecule has 3 saturated heterocycles. The highest BCUT2D eigenvalue weighted by Crippen LogP contribution is 2.64. The van der Waals surface area contributed by atoms with Crippen molar-refractivity contribution in [3.05, 3.63) is 108 Å². The number of hydrogen-bond donors (Lipinski definition) is 1. The third-order valence-corrected chi connectivity index (χ3v) is 12.1. The molecule has 258 valence electrons. The van der Waals surface area contributed by atoms with Gasteiger partial charge in [-0.3, -0.25) is 29.0 Å². The monoisotopic (exact) mass is 673 g/mol. The summed E-state index contributed by atoms with van der Waals surface area (Å²) in [6.45, 7) is 4.23. The number of carbonyl (C=O) groups is 4. The molecule has 0 radical (unpaired) electrons. The molecule has 0 bridgehead atoms. The average molecular weight is 674 g/mol. The van der Waals surface area contributed by atoms with Crippen molar-refractivity contribution in [2.75, 3.05) is 31.2 Å². The highest BCUT2D eigenvalue weighted by molar-refractivity contribution is 6.24. The fraction of sp³-hybridized carbons (Fsp3) is 0.415. The van der Waals surface area contributed by atoms with Crippen LogP contribution in [0.25, 0.3) is 0 Å². The summed E-state index contributed by atoms with van der Waals surface area (Å²) >= 11 is 0. The zero-order valence-electron chi connectivity index (χ0n) is 28.3. The number of rotatable bonds is 8. The van der Waals surface area contributed by atoms with Crippen LogP contribution in [0.3, 0.4) is 0 Å². The molecule has 4 amide bonds. The fourth-order valence-corrected chi connectivity index (χ4v) is 9.75. The predicted octanol–water partition coefficient (Wildman–Crippen LogP) is 4.95. The van der Waals surface area contributed by atoms with Crippen LogP contribution in [0.2, 0.25) is 0 Å². The standard InChI is InChI=1S/C41H43N3O6/c1-41-33(38(47)44(40(41)49)27-12-6-3-7-13-27)24-32-29(36(41)30-14-8-9-15-34(30)50-23-22-45)16-17-31-35(32)39(48)43(37(31)46)28-18-20-42(21-19-28)25-26-10-4-2-5-11-26/h2-16,28,31-33,35-36,45H,17-25H2,1H3. The number of carbonyl (C=O) groups excluding carboxylic acids is 4. The number of hydrogen-bond acceptors (Lipinski definition) is 7. The minimum atomic E-state index is -1.16. The Balaban J connectivity index is 1.13. The van der Waals surface area contributed by atoms with Crippen molar-refractivity contribution in [3.8, 4) is 5.75 Å². The van der Waals surface area contributed by atoms with Gasteiger partial charge in [0.15, 0.2) is 0 Å². The Hall–Kier alpha value is -4.60. The van der Waals surface area contributed by atoms with E-state index in [1.165, 1.54) is 10.5 Å². The zero-order valence-corrected chi connectivity index (χ0v) is 28.3. The van der Waals surface area contributed by atoms with Gasteiger partial charge in [0.05, 0.1) is 35.5 Å². The SMILES string of the molecule is CC12C(=O)N(c3ccccc3)C(=O)C1CC1C(=CCC3C(=O)N(C4CCN(Cc5ccccc5)CC4)C(=O)C31)C2c1ccccc1OCCO. The second-order valence-electron chi connectivity index (χ2n) is 14.6. The number of aliphatic hydroxyl groups excluding tert-OH is 1. The molecule has 9 nitrogen and oxygen atoms in total. The first-order chi connectivity index (χ1) is 24.3. The van der Waals surface area contributed by atoms with Gasteiger partial charge < -0.3 is 9.84 Å². The van der Waals surface area contributed by atoms with Crippen molar-refractivity contribution >= 4 is 29.3 Å². The van der Waals surface area contributed by atoms with Crippen LogP contribution in [-0.4, -0.2) is 70.9 Å². The maximum atomic E-state index is 14.7. The Labute approximate surface area is 292 Å². The van der Waals surface area contributed by atoms with E-state index >= 15 is 0 Å². The molecule has 3 aromatic rings. The first-order valence-corrected chi connectivity index (χ1v) is 17.9. The van der Waals surface area contributed by atoms with E-state index < -0.39 is 29.1 Å². The van der Waals surface area contributed by atoms with Gasteiger partial charge in [0, 0.05) is 37.2 Å². The number of ether oxygens (including phenoxy) is 1. The average Bonchev–Trinajstić information content (AvgIpc) is 3.51. The van der Waals surface area contributed by atoms with Crippen LogP contribution >= 0.6 is 0 Å². The summed E-state index contributed by atoms with van der Waals surface area (Å²) < 4.78 is 6.03. The van der Waals surface area contributed by atoms with Gasteiger partial charge >= 0.3 is 0 Å². The second-order valence-corrected chi connectivity index (χ2v) is 14.6. The minimum Gasteiger partial charge on any atom is -0.491 e. The quantitative estimate of drug-likeness (QED) is 0.266. The molecule has 5 aliphatic rings. The molecule has 2 aliphatic carbocycles. The van der Waals surface area contributed by atoms with Crippen LogP contribution in [0, 0.1) is 29.1 Å². The predicted molar refractivity (Wildman–Crippen MR) is 187 cm³/mol. The summed E-state index contributed by atoms with van der Waals surface area (Å²) in [5.74, 6) is -2.98. The normalized spacial score (nSPS) is 29.9. The highest BCUT2D eigenvalue weighted by Gasteiger charge is 2.68. The summed E-state index contributed by atoms with van der Waals surface area (Å²) in [7, 11) is 0. The molecule has 6 atom stereocenters. The molecule has 8 rings (SSSR count). The van der Waals surface area contributed by atoms with Gasteiger partial charge in [-0.05, 0) is 62.3 Å². The van der Waals surface area contributed by atoms with Gasteiger partial charge in [-0.1, -0.05) is 78.4 Å². The van der Waals surface area contributed by atoms with Crippen molar-refractivity contribution in [2.45, 2.75) is 51.1 Å². The molecule has 0 aromatic heterocycles. The van der Waals surface area contributed by atoms with E-state index in [0.717, 1.165) is 43.6 Å². The maximum Gasteiger partial charge on any atom is 0.241 e. The summed E-state index contributed by atoms with van der Waals surface area (Å²) in [6, 6.07) is 26.7. The molecule has 6 unspecified atom stereocenters. The highest BCUT2D eigenvalue weighted by atomic mass is 16.5. The largest absolute Gasteiger partial charge is 0.491 e. The number of anilines is 1. The molecular formula is C41H43N3O6. The Morgan fingerprint density at radius 3 is 2.22 bits per heavy atom. The van der Waals surface area contributed by atoms with Crippen LogP contribution in [0.1, 0.15) is 49.7 Å². The van der Waals surface area contributed by atoms with Gasteiger partial charge in [0.25, 0.3) is 0 Å². The van der Waals surface area contributed by atoms with Crippen molar-refractivity contribution in [3.63, 3.8) is 0 Å². The van der Waals surface area contributed by atoms with Gasteiger partial charge in [-0.15, -0.1) is 0 Å². The van der Waals surface area contributed by atoms with Gasteiger partial charge in [0.2, 0.25) is 23.6 Å². The Morgan fingerprint density at radius 2 is 1.50 bits per heavy atom. The zero-order chi connectivity index (χ0) is 34.6. The first kappa shape index (κ1) is 32.6. The molecule has 3 aromatic carbocycles. The minimum absolute atomic E-state index is 0.0756. The summed E-state index contributed by atoms with van der Waals surface area (Å²) in [5.41, 5.74) is 2.29. The molecule has 0 spiro atoms. The molecule has 4 fully saturated rings. The summed E-state index contributed by atoms with van der Waals surface area (Å²) in [4.78, 5) is 63.1. The smallest absolute Gasteiger partial charge is 0.241 e. The van der Waals surface area contributed by atoms with Crippen LogP contribution in [0.4, 0.5) is 5.69 Å². The number of nitrogens with zero attached hydrogens (tertiary/aromatic N) is 3. The van der Waals surface area contributed by atoms with E-state index in [9.17, 15) is 24.3 Å². The van der Waals surface area contributed by atoms with E-state index in [2.05, 4.69) is 23.1 Å². The molecule has 50 heavy (non-hydrogen) atoms. The number of piperidine rings is 1. The number of benzene rings is 3. The number of para-hydroxylation sites is 2. The number of allylic oxidation sites excluding steroid dienone is 2. The lowest BCUT2D eigenvalue weighted by atomic mass is 9.51. The molecule has 1 saturated carbocycles. The van der Waals surface area contributed by atoms with Crippen LogP contribution in [-0.2, 0) is 25.7 Å². The third kappa shape index (κ3) is 5.12. The molecule has 3 heterocycles. The van der Waals surface area contributed by atoms with E-state index in [4.69, 9.17) is 4.74 Å². The number of fused-ring (bicyclic) bond motifs is 4. The van der Waals surface area contributed by atoms with Crippen LogP contribution in [0.15, 0.2) is 96.6 Å². The number of likely N-dealkylation sites (tertiary alicyclic amines) is 2. The second kappa shape index (κ2) is 12.9. The fourth-order valence-electron chi connectivity index (χ4n) is 9.75. The number of amides is 4. The lowest BCUT2D eigenvalue weighted by molar-refractivity contribution is -0.144. The van der Waals surface area contributed by atoms with Crippen LogP contribution in [0.5, 0.6) is 5.75 Å². The Bertz CT molecular complexity index is 1840. The van der Waals surface area contributed by atoms with E-state index in [0.29, 0.717) is 24.3 Å². The van der Waals surface area contributed by atoms with Crippen molar-refractivity contribution in [1.82, 2.24) is 9.80 Å². The number of aliphatic hydroxyl groups is 1. The summed E-state index contributed by atoms with van der Waals surface area (Å²) in [5, 5.41) is 9.61. The first-order valence-electron chi connectivity index (χ1n) is 17.9. The molecule has 9 heteroatoms. The molecule has 1 N–H and O–H groups in total. The van der Waals surface area contributed by atoms with Gasteiger partial charge in [-0.25, -0.2) is 4.90 Å². The Morgan fingerprint density at radius 1 is 0.820 bits per heavy atom. The van der Waals surface area contributed by atoms with Crippen LogP contribution < -0.4 is 9.64 Å². The topological polar surface area (TPSA) is 107 Å².